The minimum absolute atomic E-state index is 0.0133. The first-order valence-electron chi connectivity index (χ1n) is 9.04. The van der Waals surface area contributed by atoms with Gasteiger partial charge in [-0.05, 0) is 70.1 Å². The molecular weight excluding hydrogens is 397 g/mol. The normalized spacial score (nSPS) is 21.8. The monoisotopic (exact) mass is 422 g/mol. The molecule has 2 rings (SSSR count). The van der Waals surface area contributed by atoms with Gasteiger partial charge >= 0.3 is 22.6 Å². The van der Waals surface area contributed by atoms with E-state index in [0.717, 1.165) is 31.2 Å². The highest BCUT2D eigenvalue weighted by molar-refractivity contribution is 7.81. The number of halogens is 3. The van der Waals surface area contributed by atoms with Gasteiger partial charge in [0.15, 0.2) is 0 Å². The number of carbonyl (C=O) groups excluding carboxylic acids is 1. The summed E-state index contributed by atoms with van der Waals surface area (Å²) >= 11 is -3.37. The quantitative estimate of drug-likeness (QED) is 0.626. The number of hydrogen-bond acceptors (Lipinski definition) is 5. The zero-order valence-electron chi connectivity index (χ0n) is 16.1. The van der Waals surface area contributed by atoms with Gasteiger partial charge in [-0.15, -0.1) is 0 Å². The summed E-state index contributed by atoms with van der Waals surface area (Å²) in [7, 11) is 0. The summed E-state index contributed by atoms with van der Waals surface area (Å²) in [6, 6.07) is 6.17. The van der Waals surface area contributed by atoms with Crippen LogP contribution >= 0.6 is 0 Å². The van der Waals surface area contributed by atoms with E-state index in [9.17, 15) is 22.2 Å². The summed E-state index contributed by atoms with van der Waals surface area (Å²) in [5.74, 6) is -0.223. The van der Waals surface area contributed by atoms with Crippen molar-refractivity contribution in [2.75, 3.05) is 6.61 Å². The third-order valence-electron chi connectivity index (χ3n) is 4.24. The van der Waals surface area contributed by atoms with Crippen LogP contribution in [0, 0.1) is 0 Å². The molecule has 0 bridgehead atoms. The molecule has 0 spiro atoms. The number of carbonyl (C=O) groups is 1. The van der Waals surface area contributed by atoms with Crippen LogP contribution in [0.5, 0.6) is 5.75 Å². The van der Waals surface area contributed by atoms with Crippen LogP contribution in [0.25, 0.3) is 0 Å². The highest BCUT2D eigenvalue weighted by Crippen LogP contribution is 2.35. The molecule has 1 aliphatic rings. The number of benzene rings is 1. The van der Waals surface area contributed by atoms with E-state index in [-0.39, 0.29) is 30.3 Å². The van der Waals surface area contributed by atoms with Crippen LogP contribution in [0.4, 0.5) is 13.2 Å². The second-order valence-corrected chi connectivity index (χ2v) is 8.80. The summed E-state index contributed by atoms with van der Waals surface area (Å²) in [5.41, 5.74) is -4.47. The third-order valence-corrected chi connectivity index (χ3v) is 4.97. The van der Waals surface area contributed by atoms with Gasteiger partial charge in [-0.1, -0.05) is 12.1 Å². The fraction of sp³-hybridized carbons (Fsp3) is 0.632. The number of esters is 1. The summed E-state index contributed by atoms with van der Waals surface area (Å²) in [4.78, 5) is 11.7. The molecule has 0 amide bonds. The van der Waals surface area contributed by atoms with E-state index in [1.165, 1.54) is 12.1 Å². The van der Waals surface area contributed by atoms with E-state index in [2.05, 4.69) is 4.18 Å². The fourth-order valence-corrected chi connectivity index (χ4v) is 3.43. The molecule has 9 heteroatoms. The van der Waals surface area contributed by atoms with Gasteiger partial charge in [-0.25, -0.2) is 9.00 Å². The fourth-order valence-electron chi connectivity index (χ4n) is 3.05. The Labute approximate surface area is 165 Å². The molecule has 5 nitrogen and oxygen atoms in total. The van der Waals surface area contributed by atoms with Crippen molar-refractivity contribution in [1.29, 1.82) is 0 Å². The van der Waals surface area contributed by atoms with Crippen molar-refractivity contribution >= 4 is 17.0 Å². The lowest BCUT2D eigenvalue weighted by Gasteiger charge is -2.29. The molecule has 0 saturated heterocycles. The molecule has 1 aliphatic carbocycles. The van der Waals surface area contributed by atoms with E-state index in [0.29, 0.717) is 0 Å². The summed E-state index contributed by atoms with van der Waals surface area (Å²) in [6.45, 7) is 5.32. The number of hydrogen-bond donors (Lipinski definition) is 0. The maximum absolute atomic E-state index is 12.3. The average Bonchev–Trinajstić information content (AvgIpc) is 2.59. The maximum atomic E-state index is 12.3. The molecular formula is C19H25F3O5S. The van der Waals surface area contributed by atoms with Crippen LogP contribution in [0.2, 0.25) is 0 Å². The zero-order chi connectivity index (χ0) is 20.9. The summed E-state index contributed by atoms with van der Waals surface area (Å²) in [5, 5.41) is 0. The van der Waals surface area contributed by atoms with E-state index >= 15 is 0 Å². The minimum Gasteiger partial charge on any atom is -0.458 e. The van der Waals surface area contributed by atoms with Crippen molar-refractivity contribution in [2.24, 2.45) is 0 Å². The lowest BCUT2D eigenvalue weighted by atomic mass is 9.83. The first kappa shape index (κ1) is 22.7. The van der Waals surface area contributed by atoms with Crippen molar-refractivity contribution in [1.82, 2.24) is 0 Å². The van der Waals surface area contributed by atoms with Crippen LogP contribution in [0.15, 0.2) is 24.3 Å². The molecule has 0 heterocycles. The van der Waals surface area contributed by atoms with Gasteiger partial charge in [0.25, 0.3) is 0 Å². The molecule has 1 atom stereocenters. The molecule has 1 saturated carbocycles. The molecule has 0 radical (unpaired) electrons. The number of rotatable bonds is 6. The lowest BCUT2D eigenvalue weighted by Crippen LogP contribution is -2.29. The Hall–Kier alpha value is -1.61. The average molecular weight is 422 g/mol. The lowest BCUT2D eigenvalue weighted by molar-refractivity contribution is -0.162. The Morgan fingerprint density at radius 2 is 1.64 bits per heavy atom. The number of alkyl halides is 3. The smallest absolute Gasteiger partial charge is 0.458 e. The minimum atomic E-state index is -4.91. The largest absolute Gasteiger partial charge is 0.508 e. The Morgan fingerprint density at radius 1 is 1.07 bits per heavy atom. The maximum Gasteiger partial charge on any atom is 0.508 e. The molecule has 0 aromatic heterocycles. The molecule has 1 fully saturated rings. The van der Waals surface area contributed by atoms with Crippen LogP contribution in [-0.2, 0) is 25.3 Å². The van der Waals surface area contributed by atoms with E-state index in [1.54, 1.807) is 32.9 Å². The second kappa shape index (κ2) is 9.26. The van der Waals surface area contributed by atoms with Gasteiger partial charge in [-0.2, -0.15) is 13.2 Å². The van der Waals surface area contributed by atoms with Crippen LogP contribution in [0.3, 0.4) is 0 Å². The first-order valence-corrected chi connectivity index (χ1v) is 10.1. The molecule has 0 aliphatic heterocycles. The first-order chi connectivity index (χ1) is 12.9. The predicted molar refractivity (Wildman–Crippen MR) is 98.1 cm³/mol. The molecule has 28 heavy (non-hydrogen) atoms. The van der Waals surface area contributed by atoms with Gasteiger partial charge in [0.05, 0.1) is 6.10 Å². The molecule has 1 aromatic carbocycles. The Bertz CT molecular complexity index is 674. The van der Waals surface area contributed by atoms with Gasteiger partial charge in [0, 0.05) is 0 Å². The molecule has 158 valence electrons. The summed E-state index contributed by atoms with van der Waals surface area (Å²) in [6.07, 6.45) is 3.23. The van der Waals surface area contributed by atoms with Crippen molar-refractivity contribution in [2.45, 2.75) is 69.6 Å². The van der Waals surface area contributed by atoms with E-state index < -0.39 is 22.2 Å². The Balaban J connectivity index is 1.78. The predicted octanol–water partition coefficient (Wildman–Crippen LogP) is 4.63. The van der Waals surface area contributed by atoms with Crippen LogP contribution < -0.4 is 4.18 Å². The van der Waals surface area contributed by atoms with Crippen molar-refractivity contribution in [3.63, 3.8) is 0 Å². The van der Waals surface area contributed by atoms with Gasteiger partial charge in [-0.3, -0.25) is 0 Å². The highest BCUT2D eigenvalue weighted by atomic mass is 32.2. The zero-order valence-corrected chi connectivity index (χ0v) is 16.9. The van der Waals surface area contributed by atoms with Gasteiger partial charge < -0.3 is 13.7 Å². The van der Waals surface area contributed by atoms with Gasteiger partial charge in [0.2, 0.25) is 0 Å². The molecule has 1 unspecified atom stereocenters. The van der Waals surface area contributed by atoms with Crippen molar-refractivity contribution < 1.29 is 35.8 Å². The van der Waals surface area contributed by atoms with Crippen LogP contribution in [0.1, 0.15) is 57.9 Å². The molecule has 0 N–H and O–H groups in total. The summed E-state index contributed by atoms with van der Waals surface area (Å²) < 4.78 is 63.0. The van der Waals surface area contributed by atoms with Crippen molar-refractivity contribution in [3.8, 4) is 5.75 Å². The standard InChI is InChI=1S/C19H25F3O5S/c1-18(2,3)26-17(23)12-25-15-8-4-13(5-9-15)14-6-10-16(11-7-14)27-28(24)19(20,21)22/h6-7,10-11,13,15H,4-5,8-9,12H2,1-3H3. The van der Waals surface area contributed by atoms with E-state index in [4.69, 9.17) is 9.47 Å². The topological polar surface area (TPSA) is 61.8 Å². The Kier molecular flexibility index (Phi) is 7.50. The molecule has 1 aromatic rings. The highest BCUT2D eigenvalue weighted by Gasteiger charge is 2.40. The second-order valence-electron chi connectivity index (χ2n) is 7.70. The van der Waals surface area contributed by atoms with Gasteiger partial charge in [0.1, 0.15) is 18.0 Å². The Morgan fingerprint density at radius 3 is 2.14 bits per heavy atom. The van der Waals surface area contributed by atoms with Crippen molar-refractivity contribution in [3.05, 3.63) is 29.8 Å². The SMILES string of the molecule is CC(C)(C)OC(=O)COC1CCC(c2ccc(OS(=O)C(F)(F)F)cc2)CC1. The third kappa shape index (κ3) is 7.43. The number of ether oxygens (including phenoxy) is 2. The van der Waals surface area contributed by atoms with E-state index in [1.807, 2.05) is 0 Å². The van der Waals surface area contributed by atoms with Crippen LogP contribution in [-0.4, -0.2) is 34.0 Å².